The number of benzene rings is 1. The second-order valence-corrected chi connectivity index (χ2v) is 8.38. The molecule has 8 nitrogen and oxygen atoms in total. The summed E-state index contributed by atoms with van der Waals surface area (Å²) in [6, 6.07) is 5.87. The standard InChI is InChI=1S/C21H24N6O2S.H2/c1-12-10-27(11-23-12)16-8-7-14(9-17(16)29-3)25-21-26-19-15(20(28)24-13(2)22)5-4-6-18(19)30-21;/h7-11,15H,4-6H2,1-3H3,(H,25,26)(H2,22,24,28);1H. The lowest BCUT2D eigenvalue weighted by Gasteiger charge is -2.17. The molecule has 1 aliphatic rings. The molecule has 0 radical (unpaired) electrons. The smallest absolute Gasteiger partial charge is 0.256 e. The zero-order valence-corrected chi connectivity index (χ0v) is 18.0. The van der Waals surface area contributed by atoms with Gasteiger partial charge < -0.3 is 20.4 Å². The summed E-state index contributed by atoms with van der Waals surface area (Å²) in [5.41, 5.74) is 9.11. The number of fused-ring (bicyclic) bond motifs is 1. The maximum atomic E-state index is 12.4. The molecule has 1 aliphatic carbocycles. The van der Waals surface area contributed by atoms with E-state index in [1.807, 2.05) is 35.9 Å². The molecule has 158 valence electrons. The fourth-order valence-corrected chi connectivity index (χ4v) is 4.69. The Labute approximate surface area is 180 Å². The number of methoxy groups -OCH3 is 1. The van der Waals surface area contributed by atoms with Crippen molar-refractivity contribution in [3.63, 3.8) is 0 Å². The van der Waals surface area contributed by atoms with Crippen LogP contribution in [0.4, 0.5) is 10.8 Å². The van der Waals surface area contributed by atoms with Crippen molar-refractivity contribution in [3.05, 3.63) is 47.0 Å². The number of hydrogen-bond donors (Lipinski definition) is 2. The molecule has 3 aromatic rings. The molecule has 0 spiro atoms. The Morgan fingerprint density at radius 1 is 1.47 bits per heavy atom. The van der Waals surface area contributed by atoms with Crippen LogP contribution in [-0.2, 0) is 11.2 Å². The molecule has 2 heterocycles. The summed E-state index contributed by atoms with van der Waals surface area (Å²) < 4.78 is 7.50. The number of amidine groups is 1. The van der Waals surface area contributed by atoms with Crippen molar-refractivity contribution in [1.82, 2.24) is 14.5 Å². The highest BCUT2D eigenvalue weighted by atomic mass is 32.1. The lowest BCUT2D eigenvalue weighted by atomic mass is 9.90. The van der Waals surface area contributed by atoms with E-state index in [9.17, 15) is 4.79 Å². The third-order valence-corrected chi connectivity index (χ3v) is 6.01. The molecule has 1 unspecified atom stereocenters. The Bertz CT molecular complexity index is 1120. The van der Waals surface area contributed by atoms with Crippen LogP contribution in [0.25, 0.3) is 5.69 Å². The average Bonchev–Trinajstić information content (AvgIpc) is 3.32. The third kappa shape index (κ3) is 4.06. The first-order valence-electron chi connectivity index (χ1n) is 9.75. The number of aryl methyl sites for hydroxylation is 2. The van der Waals surface area contributed by atoms with E-state index in [0.717, 1.165) is 57.8 Å². The van der Waals surface area contributed by atoms with Gasteiger partial charge in [-0.3, -0.25) is 4.79 Å². The van der Waals surface area contributed by atoms with Crippen LogP contribution >= 0.6 is 11.3 Å². The fourth-order valence-electron chi connectivity index (χ4n) is 3.61. The summed E-state index contributed by atoms with van der Waals surface area (Å²) >= 11 is 1.58. The first-order chi connectivity index (χ1) is 14.4. The number of thiazole rings is 1. The van der Waals surface area contributed by atoms with Crippen LogP contribution in [0, 0.1) is 6.92 Å². The maximum absolute atomic E-state index is 12.4. The molecule has 1 amide bonds. The van der Waals surface area contributed by atoms with Crippen LogP contribution in [0.15, 0.2) is 35.7 Å². The molecule has 2 aromatic heterocycles. The van der Waals surface area contributed by atoms with Crippen LogP contribution in [0.3, 0.4) is 0 Å². The number of nitrogens with one attached hydrogen (secondary N) is 1. The summed E-state index contributed by atoms with van der Waals surface area (Å²) in [4.78, 5) is 26.5. The molecule has 30 heavy (non-hydrogen) atoms. The fraction of sp³-hybridized carbons (Fsp3) is 0.333. The molecule has 3 N–H and O–H groups in total. The summed E-state index contributed by atoms with van der Waals surface area (Å²) in [5, 5.41) is 4.10. The first kappa shape index (κ1) is 20.1. The molecule has 4 rings (SSSR count). The Morgan fingerprint density at radius 2 is 2.30 bits per heavy atom. The molecule has 0 fully saturated rings. The normalized spacial score (nSPS) is 16.2. The van der Waals surface area contributed by atoms with Crippen molar-refractivity contribution in [2.24, 2.45) is 10.7 Å². The van der Waals surface area contributed by atoms with Gasteiger partial charge in [-0.2, -0.15) is 0 Å². The van der Waals surface area contributed by atoms with E-state index >= 15 is 0 Å². The number of ether oxygens (including phenoxy) is 1. The van der Waals surface area contributed by atoms with Gasteiger partial charge in [0.05, 0.1) is 42.3 Å². The molecule has 0 saturated carbocycles. The minimum Gasteiger partial charge on any atom is -0.494 e. The Hall–Kier alpha value is -3.20. The number of imidazole rings is 1. The van der Waals surface area contributed by atoms with E-state index in [-0.39, 0.29) is 19.1 Å². The van der Waals surface area contributed by atoms with Gasteiger partial charge in [0.2, 0.25) is 0 Å². The summed E-state index contributed by atoms with van der Waals surface area (Å²) in [6.45, 7) is 3.57. The lowest BCUT2D eigenvalue weighted by Crippen LogP contribution is -2.19. The van der Waals surface area contributed by atoms with Crippen LogP contribution in [0.2, 0.25) is 0 Å². The monoisotopic (exact) mass is 426 g/mol. The van der Waals surface area contributed by atoms with Crippen molar-refractivity contribution in [1.29, 1.82) is 0 Å². The van der Waals surface area contributed by atoms with Gasteiger partial charge in [0, 0.05) is 24.3 Å². The van der Waals surface area contributed by atoms with Crippen LogP contribution in [0.1, 0.15) is 43.4 Å². The molecule has 1 atom stereocenters. The molecular formula is C21H26N6O2S. The van der Waals surface area contributed by atoms with Gasteiger partial charge in [-0.1, -0.05) is 0 Å². The van der Waals surface area contributed by atoms with Gasteiger partial charge in [-0.05, 0) is 45.2 Å². The summed E-state index contributed by atoms with van der Waals surface area (Å²) in [7, 11) is 1.64. The van der Waals surface area contributed by atoms with Gasteiger partial charge in [0.25, 0.3) is 5.91 Å². The van der Waals surface area contributed by atoms with Crippen molar-refractivity contribution in [3.8, 4) is 11.4 Å². The Balaban J connectivity index is 0.00000272. The third-order valence-electron chi connectivity index (χ3n) is 4.96. The highest BCUT2D eigenvalue weighted by Gasteiger charge is 2.30. The van der Waals surface area contributed by atoms with Crippen LogP contribution in [0.5, 0.6) is 5.75 Å². The van der Waals surface area contributed by atoms with Crippen LogP contribution < -0.4 is 15.8 Å². The van der Waals surface area contributed by atoms with Gasteiger partial charge in [-0.25, -0.2) is 15.0 Å². The minimum absolute atomic E-state index is 0. The number of rotatable bonds is 5. The van der Waals surface area contributed by atoms with Crippen molar-refractivity contribution in [2.45, 2.75) is 39.0 Å². The van der Waals surface area contributed by atoms with E-state index in [1.54, 1.807) is 31.7 Å². The number of aliphatic imine (C=N–C) groups is 1. The largest absolute Gasteiger partial charge is 0.494 e. The van der Waals surface area contributed by atoms with Gasteiger partial charge >= 0.3 is 0 Å². The predicted molar refractivity (Wildman–Crippen MR) is 120 cm³/mol. The quantitative estimate of drug-likeness (QED) is 0.472. The highest BCUT2D eigenvalue weighted by Crippen LogP contribution is 2.38. The first-order valence-corrected chi connectivity index (χ1v) is 10.6. The lowest BCUT2D eigenvalue weighted by molar-refractivity contribution is -0.119. The summed E-state index contributed by atoms with van der Waals surface area (Å²) in [5.74, 6) is 0.468. The number of carbonyl (C=O) groups excluding carboxylic acids is 1. The van der Waals surface area contributed by atoms with Crippen molar-refractivity contribution < 1.29 is 11.0 Å². The van der Waals surface area contributed by atoms with E-state index < -0.39 is 0 Å². The molecule has 9 heteroatoms. The average molecular weight is 427 g/mol. The molecule has 0 aliphatic heterocycles. The topological polar surface area (TPSA) is 107 Å². The maximum Gasteiger partial charge on any atom is 0.256 e. The molecule has 0 bridgehead atoms. The van der Waals surface area contributed by atoms with E-state index in [0.29, 0.717) is 0 Å². The Morgan fingerprint density at radius 3 is 3.00 bits per heavy atom. The van der Waals surface area contributed by atoms with E-state index in [4.69, 9.17) is 15.5 Å². The van der Waals surface area contributed by atoms with E-state index in [1.165, 1.54) is 0 Å². The van der Waals surface area contributed by atoms with Crippen molar-refractivity contribution >= 4 is 33.9 Å². The second kappa shape index (κ2) is 8.27. The number of nitrogens with zero attached hydrogens (tertiary/aromatic N) is 4. The highest BCUT2D eigenvalue weighted by molar-refractivity contribution is 7.15. The number of aromatic nitrogens is 3. The molecule has 0 saturated heterocycles. The van der Waals surface area contributed by atoms with Gasteiger partial charge in [0.1, 0.15) is 5.75 Å². The van der Waals surface area contributed by atoms with Crippen LogP contribution in [-0.4, -0.2) is 33.4 Å². The van der Waals surface area contributed by atoms with Crippen molar-refractivity contribution in [2.75, 3.05) is 12.4 Å². The SMILES string of the molecule is COc1cc(Nc2nc3c(s2)CCCC3C(=O)N=C(C)N)ccc1-n1cnc(C)c1.[HH]. The number of carbonyl (C=O) groups is 1. The van der Waals surface area contributed by atoms with E-state index in [2.05, 4.69) is 15.3 Å². The second-order valence-electron chi connectivity index (χ2n) is 7.30. The zero-order chi connectivity index (χ0) is 21.3. The predicted octanol–water partition coefficient (Wildman–Crippen LogP) is 3.96. The molecule has 1 aromatic carbocycles. The van der Waals surface area contributed by atoms with Gasteiger partial charge in [0.15, 0.2) is 5.13 Å². The molecular weight excluding hydrogens is 400 g/mol. The summed E-state index contributed by atoms with van der Waals surface area (Å²) in [6.07, 6.45) is 6.32. The Kier molecular flexibility index (Phi) is 5.54. The number of anilines is 2. The van der Waals surface area contributed by atoms with Gasteiger partial charge in [-0.15, -0.1) is 11.3 Å². The minimum atomic E-state index is -0.319. The zero-order valence-electron chi connectivity index (χ0n) is 17.2. The number of amides is 1. The number of hydrogen-bond acceptors (Lipinski definition) is 6. The number of nitrogens with two attached hydrogens (primary N) is 1.